The van der Waals surface area contributed by atoms with E-state index in [4.69, 9.17) is 11.6 Å². The summed E-state index contributed by atoms with van der Waals surface area (Å²) in [6.45, 7) is 4.16. The van der Waals surface area contributed by atoms with E-state index in [9.17, 15) is 9.65 Å². The van der Waals surface area contributed by atoms with E-state index in [1.165, 1.54) is 6.08 Å². The number of hydrazine groups is 2. The Morgan fingerprint density at radius 1 is 1.24 bits per heavy atom. The van der Waals surface area contributed by atoms with Gasteiger partial charge in [-0.2, -0.15) is 5.26 Å². The van der Waals surface area contributed by atoms with Crippen molar-refractivity contribution in [3.8, 4) is 6.07 Å². The largest absolute Gasteiger partial charge is 0.377 e. The minimum atomic E-state index is -0.561. The summed E-state index contributed by atoms with van der Waals surface area (Å²) in [5.41, 5.74) is 10.5. The second-order valence-electron chi connectivity index (χ2n) is 11.2. The average Bonchev–Trinajstić information content (AvgIpc) is 3.71. The maximum Gasteiger partial charge on any atom is 0.103 e. The second kappa shape index (κ2) is 11.1. The van der Waals surface area contributed by atoms with Crippen LogP contribution in [-0.2, 0) is 0 Å². The fraction of sp³-hybridized carbons (Fsp3) is 0.312. The van der Waals surface area contributed by atoms with Crippen molar-refractivity contribution < 1.29 is 4.39 Å². The van der Waals surface area contributed by atoms with Gasteiger partial charge in [-0.3, -0.25) is 9.99 Å². The molecule has 1 aromatic heterocycles. The Hall–Kier alpha value is -4.06. The molecule has 1 fully saturated rings. The highest BCUT2D eigenvalue weighted by atomic mass is 35.5. The molecule has 1 aliphatic heterocycles. The highest BCUT2D eigenvalue weighted by Gasteiger charge is 2.40. The molecule has 0 radical (unpaired) electrons. The first-order valence-electron chi connectivity index (χ1n) is 14.0. The van der Waals surface area contributed by atoms with Gasteiger partial charge in [-0.15, -0.1) is 5.53 Å². The number of anilines is 2. The van der Waals surface area contributed by atoms with E-state index < -0.39 is 5.41 Å². The van der Waals surface area contributed by atoms with E-state index in [0.29, 0.717) is 27.8 Å². The van der Waals surface area contributed by atoms with Crippen molar-refractivity contribution in [2.24, 2.45) is 5.41 Å². The van der Waals surface area contributed by atoms with Crippen LogP contribution in [0.25, 0.3) is 10.9 Å². The van der Waals surface area contributed by atoms with Crippen molar-refractivity contribution >= 4 is 33.9 Å². The third kappa shape index (κ3) is 5.48. The van der Waals surface area contributed by atoms with Crippen LogP contribution < -0.4 is 21.6 Å². The Morgan fingerprint density at radius 3 is 2.76 bits per heavy atom. The van der Waals surface area contributed by atoms with Crippen LogP contribution in [0.4, 0.5) is 15.8 Å². The lowest BCUT2D eigenvalue weighted by atomic mass is 9.75. The first-order valence-corrected chi connectivity index (χ1v) is 14.4. The van der Waals surface area contributed by atoms with Gasteiger partial charge in [-0.05, 0) is 43.0 Å². The summed E-state index contributed by atoms with van der Waals surface area (Å²) in [4.78, 5) is 4.53. The minimum absolute atomic E-state index is 0.00888. The molecule has 0 spiro atoms. The van der Waals surface area contributed by atoms with E-state index in [1.54, 1.807) is 12.3 Å². The summed E-state index contributed by atoms with van der Waals surface area (Å²) in [7, 11) is 0. The molecule has 0 saturated heterocycles. The standard InChI is InChI=1S/C32H33ClFN7/c1-3-27(20-8-5-4-6-9-20)38-29-21(17-35)18-36-30-25(29)14-23(15-26(30)33)37-31(32(2)13-7-10-22(34)16-32)28-19-41(40-39-28)24-11-12-24/h4-10,13-15,18-19,24,27,31,37,39-40H,3,11-12,16H2,1-2H3,(H,36,38)/t27-,31-,32?/m1/s1. The number of nitriles is 1. The Balaban J connectivity index is 1.41. The molecule has 3 atom stereocenters. The molecule has 0 amide bonds. The third-order valence-corrected chi connectivity index (χ3v) is 8.40. The predicted octanol–water partition coefficient (Wildman–Crippen LogP) is 7.25. The zero-order chi connectivity index (χ0) is 28.6. The van der Waals surface area contributed by atoms with Crippen molar-refractivity contribution in [1.29, 1.82) is 5.26 Å². The summed E-state index contributed by atoms with van der Waals surface area (Å²) in [5, 5.41) is 20.6. The van der Waals surface area contributed by atoms with Crippen LogP contribution in [0.15, 0.2) is 84.6 Å². The van der Waals surface area contributed by atoms with E-state index in [2.05, 4.69) is 62.9 Å². The molecule has 2 aromatic carbocycles. The van der Waals surface area contributed by atoms with Crippen LogP contribution in [0.2, 0.25) is 5.02 Å². The van der Waals surface area contributed by atoms with Gasteiger partial charge in [0.05, 0.1) is 39.6 Å². The van der Waals surface area contributed by atoms with Crippen LogP contribution in [0.5, 0.6) is 0 Å². The molecule has 0 bridgehead atoms. The number of nitrogens with one attached hydrogen (secondary N) is 4. The van der Waals surface area contributed by atoms with Crippen molar-refractivity contribution in [1.82, 2.24) is 21.0 Å². The molecular weight excluding hydrogens is 537 g/mol. The molecule has 3 aliphatic rings. The van der Waals surface area contributed by atoms with Gasteiger partial charge >= 0.3 is 0 Å². The molecule has 41 heavy (non-hydrogen) atoms. The van der Waals surface area contributed by atoms with E-state index in [0.717, 1.165) is 41.6 Å². The summed E-state index contributed by atoms with van der Waals surface area (Å²) in [5.74, 6) is -0.162. The quantitative estimate of drug-likeness (QED) is 0.216. The zero-order valence-corrected chi connectivity index (χ0v) is 23.8. The SMILES string of the molecule is CC[C@@H](Nc1c(C#N)cnc2c(Cl)cc(N[C@H](C3=CN(C4CC4)NN3)C3(C)C=CC=C(F)C3)cc12)c1ccccc1. The molecule has 4 N–H and O–H groups in total. The van der Waals surface area contributed by atoms with Crippen molar-refractivity contribution in [2.45, 2.75) is 57.7 Å². The van der Waals surface area contributed by atoms with Gasteiger partial charge in [0.1, 0.15) is 11.9 Å². The molecule has 1 unspecified atom stereocenters. The minimum Gasteiger partial charge on any atom is -0.377 e. The topological polar surface area (TPSA) is 88.0 Å². The number of allylic oxidation sites excluding steroid dienone is 3. The lowest BCUT2D eigenvalue weighted by molar-refractivity contribution is 0.257. The summed E-state index contributed by atoms with van der Waals surface area (Å²) in [6.07, 6.45) is 12.3. The predicted molar refractivity (Wildman–Crippen MR) is 162 cm³/mol. The first kappa shape index (κ1) is 27.1. The van der Waals surface area contributed by atoms with Gasteiger partial charge in [0.15, 0.2) is 0 Å². The van der Waals surface area contributed by atoms with Crippen molar-refractivity contribution in [2.75, 3.05) is 10.6 Å². The Labute approximate surface area is 244 Å². The fourth-order valence-corrected chi connectivity index (χ4v) is 5.99. The molecule has 7 nitrogen and oxygen atoms in total. The maximum absolute atomic E-state index is 14.6. The van der Waals surface area contributed by atoms with Gasteiger partial charge < -0.3 is 16.1 Å². The van der Waals surface area contributed by atoms with Crippen LogP contribution in [-0.4, -0.2) is 22.1 Å². The number of aromatic nitrogens is 1. The van der Waals surface area contributed by atoms with Crippen molar-refractivity contribution in [3.05, 3.63) is 101 Å². The molecular formula is C32H33ClFN7. The third-order valence-electron chi connectivity index (χ3n) is 8.11. The molecule has 2 heterocycles. The highest BCUT2D eigenvalue weighted by molar-refractivity contribution is 6.35. The monoisotopic (exact) mass is 569 g/mol. The van der Waals surface area contributed by atoms with Crippen LogP contribution >= 0.6 is 11.6 Å². The van der Waals surface area contributed by atoms with Crippen molar-refractivity contribution in [3.63, 3.8) is 0 Å². The van der Waals surface area contributed by atoms with Crippen LogP contribution in [0, 0.1) is 16.7 Å². The van der Waals surface area contributed by atoms with Gasteiger partial charge in [0.2, 0.25) is 0 Å². The summed E-state index contributed by atoms with van der Waals surface area (Å²) in [6, 6.07) is 16.4. The molecule has 1 saturated carbocycles. The lowest BCUT2D eigenvalue weighted by Gasteiger charge is -2.38. The van der Waals surface area contributed by atoms with E-state index >= 15 is 0 Å². The Kier molecular flexibility index (Phi) is 7.33. The molecule has 210 valence electrons. The molecule has 3 aromatic rings. The average molecular weight is 570 g/mol. The number of nitrogens with zero attached hydrogens (tertiary/aromatic N) is 3. The summed E-state index contributed by atoms with van der Waals surface area (Å²) >= 11 is 6.83. The summed E-state index contributed by atoms with van der Waals surface area (Å²) < 4.78 is 14.6. The fourth-order valence-electron chi connectivity index (χ4n) is 5.72. The number of rotatable bonds is 9. The van der Waals surface area contributed by atoms with Gasteiger partial charge in [-0.1, -0.05) is 67.9 Å². The lowest BCUT2D eigenvalue weighted by Crippen LogP contribution is -2.45. The Morgan fingerprint density at radius 2 is 2.05 bits per heavy atom. The highest BCUT2D eigenvalue weighted by Crippen LogP contribution is 2.42. The maximum atomic E-state index is 14.6. The van der Waals surface area contributed by atoms with Crippen LogP contribution in [0.1, 0.15) is 56.7 Å². The molecule has 2 aliphatic carbocycles. The zero-order valence-electron chi connectivity index (χ0n) is 23.1. The number of hydrogen-bond donors (Lipinski definition) is 4. The van der Waals surface area contributed by atoms with Crippen LogP contribution in [0.3, 0.4) is 0 Å². The first-order chi connectivity index (χ1) is 19.9. The van der Waals surface area contributed by atoms with E-state index in [-0.39, 0.29) is 24.3 Å². The molecule has 6 rings (SSSR count). The molecule has 9 heteroatoms. The number of fused-ring (bicyclic) bond motifs is 1. The number of hydrogen-bond acceptors (Lipinski definition) is 7. The second-order valence-corrected chi connectivity index (χ2v) is 11.6. The van der Waals surface area contributed by atoms with Gasteiger partial charge in [-0.25, -0.2) is 4.39 Å². The van der Waals surface area contributed by atoms with E-state index in [1.807, 2.05) is 43.3 Å². The van der Waals surface area contributed by atoms with Gasteiger partial charge in [0.25, 0.3) is 0 Å². The normalized spacial score (nSPS) is 21.5. The number of benzene rings is 2. The number of halogens is 2. The number of pyridine rings is 1. The Bertz CT molecular complexity index is 1590. The van der Waals surface area contributed by atoms with Gasteiger partial charge in [0, 0.05) is 41.3 Å². The smallest absolute Gasteiger partial charge is 0.103 e.